The molecule has 0 spiro atoms. The first-order valence-electron chi connectivity index (χ1n) is 2.74. The maximum Gasteiger partial charge on any atom is 0.265 e. The molecule has 1 rings (SSSR count). The van der Waals surface area contributed by atoms with E-state index in [9.17, 15) is 8.42 Å². The molecule has 0 atom stereocenters. The second kappa shape index (κ2) is 3.52. The Hall–Kier alpha value is 0.160. The van der Waals surface area contributed by atoms with Crippen LogP contribution in [0.15, 0.2) is 0 Å². The standard InChI is InChI=1S/C4H9NO3S.ClH/c6-9(7,8)3-4-1-5-2-4;/h4-5H,1-3H2,(H,6,7,8);1H. The lowest BCUT2D eigenvalue weighted by atomic mass is 10.1. The molecule has 2 N–H and O–H groups in total. The summed E-state index contributed by atoms with van der Waals surface area (Å²) in [5.74, 6) is 0.0278. The van der Waals surface area contributed by atoms with Gasteiger partial charge in [-0.1, -0.05) is 0 Å². The summed E-state index contributed by atoms with van der Waals surface area (Å²) in [7, 11) is -3.72. The lowest BCUT2D eigenvalue weighted by molar-refractivity contribution is 0.366. The Bertz CT molecular complexity index is 187. The number of nitrogens with one attached hydrogen (secondary N) is 1. The van der Waals surface area contributed by atoms with E-state index in [0.29, 0.717) is 13.1 Å². The third-order valence-electron chi connectivity index (χ3n) is 1.31. The molecule has 0 radical (unpaired) electrons. The van der Waals surface area contributed by atoms with E-state index in [0.717, 1.165) is 0 Å². The van der Waals surface area contributed by atoms with Crippen LogP contribution in [0, 0.1) is 5.92 Å². The molecule has 0 bridgehead atoms. The van der Waals surface area contributed by atoms with Gasteiger partial charge in [-0.05, 0) is 0 Å². The van der Waals surface area contributed by atoms with Crippen molar-refractivity contribution in [1.29, 1.82) is 0 Å². The van der Waals surface area contributed by atoms with Crippen LogP contribution in [-0.2, 0) is 10.1 Å². The maximum atomic E-state index is 10.2. The molecule has 1 fully saturated rings. The Morgan fingerprint density at radius 3 is 2.10 bits per heavy atom. The largest absolute Gasteiger partial charge is 0.316 e. The van der Waals surface area contributed by atoms with E-state index in [4.69, 9.17) is 4.55 Å². The minimum Gasteiger partial charge on any atom is -0.316 e. The van der Waals surface area contributed by atoms with Crippen molar-refractivity contribution < 1.29 is 13.0 Å². The second-order valence-corrected chi connectivity index (χ2v) is 3.77. The third-order valence-corrected chi connectivity index (χ3v) is 2.20. The summed E-state index contributed by atoms with van der Waals surface area (Å²) >= 11 is 0. The SMILES string of the molecule is Cl.O=S(=O)(O)CC1CNC1. The number of halogens is 1. The monoisotopic (exact) mass is 187 g/mol. The van der Waals surface area contributed by atoms with Crippen LogP contribution >= 0.6 is 12.4 Å². The van der Waals surface area contributed by atoms with Crippen molar-refractivity contribution >= 4 is 22.5 Å². The van der Waals surface area contributed by atoms with Crippen molar-refractivity contribution in [3.05, 3.63) is 0 Å². The Morgan fingerprint density at radius 1 is 1.50 bits per heavy atom. The number of hydrogen-bond donors (Lipinski definition) is 2. The van der Waals surface area contributed by atoms with Crippen LogP contribution in [0.3, 0.4) is 0 Å². The second-order valence-electron chi connectivity index (χ2n) is 2.27. The van der Waals surface area contributed by atoms with Crippen molar-refractivity contribution in [3.63, 3.8) is 0 Å². The Labute approximate surface area is 66.2 Å². The maximum absolute atomic E-state index is 10.2. The average molecular weight is 188 g/mol. The molecule has 0 aromatic heterocycles. The quantitative estimate of drug-likeness (QED) is 0.573. The molecular weight excluding hydrogens is 178 g/mol. The molecular formula is C4H10ClNO3S. The zero-order chi connectivity index (χ0) is 6.91. The van der Waals surface area contributed by atoms with E-state index in [-0.39, 0.29) is 24.1 Å². The summed E-state index contributed by atoms with van der Waals surface area (Å²) in [6.45, 7) is 1.42. The van der Waals surface area contributed by atoms with Gasteiger partial charge >= 0.3 is 0 Å². The van der Waals surface area contributed by atoms with Crippen LogP contribution in [0.4, 0.5) is 0 Å². The zero-order valence-electron chi connectivity index (χ0n) is 5.28. The van der Waals surface area contributed by atoms with Crippen molar-refractivity contribution in [3.8, 4) is 0 Å². The highest BCUT2D eigenvalue weighted by Gasteiger charge is 2.22. The summed E-state index contributed by atoms with van der Waals surface area (Å²) < 4.78 is 28.6. The van der Waals surface area contributed by atoms with E-state index >= 15 is 0 Å². The van der Waals surface area contributed by atoms with Crippen molar-refractivity contribution in [2.75, 3.05) is 18.8 Å². The van der Waals surface area contributed by atoms with Gasteiger partial charge in [0, 0.05) is 19.0 Å². The summed E-state index contributed by atoms with van der Waals surface area (Å²) in [6, 6.07) is 0. The first kappa shape index (κ1) is 10.2. The summed E-state index contributed by atoms with van der Waals surface area (Å²) in [4.78, 5) is 0. The van der Waals surface area contributed by atoms with Gasteiger partial charge in [-0.25, -0.2) is 0 Å². The van der Waals surface area contributed by atoms with Gasteiger partial charge in [-0.2, -0.15) is 8.42 Å². The van der Waals surface area contributed by atoms with Gasteiger partial charge < -0.3 is 5.32 Å². The molecule has 6 heteroatoms. The zero-order valence-corrected chi connectivity index (χ0v) is 6.91. The molecule has 1 heterocycles. The van der Waals surface area contributed by atoms with Gasteiger partial charge in [0.25, 0.3) is 10.1 Å². The Balaban J connectivity index is 0.000000810. The van der Waals surface area contributed by atoms with E-state index in [1.807, 2.05) is 0 Å². The average Bonchev–Trinajstić information content (AvgIpc) is 1.53. The van der Waals surface area contributed by atoms with Crippen LogP contribution in [0.25, 0.3) is 0 Å². The number of rotatable bonds is 2. The van der Waals surface area contributed by atoms with E-state index < -0.39 is 10.1 Å². The summed E-state index contributed by atoms with van der Waals surface area (Å²) in [6.07, 6.45) is 0. The first-order valence-corrected chi connectivity index (χ1v) is 4.35. The van der Waals surface area contributed by atoms with Crippen molar-refractivity contribution in [2.24, 2.45) is 5.92 Å². The van der Waals surface area contributed by atoms with Crippen LogP contribution in [-0.4, -0.2) is 31.8 Å². The fourth-order valence-corrected chi connectivity index (χ4v) is 1.60. The topological polar surface area (TPSA) is 66.4 Å². The Kier molecular flexibility index (Phi) is 3.58. The van der Waals surface area contributed by atoms with Gasteiger partial charge in [0.15, 0.2) is 0 Å². The summed E-state index contributed by atoms with van der Waals surface area (Å²) in [5.41, 5.74) is 0. The molecule has 0 amide bonds. The van der Waals surface area contributed by atoms with E-state index in [2.05, 4.69) is 5.32 Å². The predicted octanol–water partition coefficient (Wildman–Crippen LogP) is -0.485. The summed E-state index contributed by atoms with van der Waals surface area (Å²) in [5, 5.41) is 2.91. The van der Waals surface area contributed by atoms with Gasteiger partial charge in [0.2, 0.25) is 0 Å². The van der Waals surface area contributed by atoms with Crippen LogP contribution in [0.5, 0.6) is 0 Å². The van der Waals surface area contributed by atoms with Gasteiger partial charge in [0.1, 0.15) is 0 Å². The fraction of sp³-hybridized carbons (Fsp3) is 1.00. The molecule has 1 aliphatic rings. The minimum atomic E-state index is -3.72. The molecule has 1 saturated heterocycles. The van der Waals surface area contributed by atoms with Crippen molar-refractivity contribution in [1.82, 2.24) is 5.32 Å². The highest BCUT2D eigenvalue weighted by Crippen LogP contribution is 2.04. The highest BCUT2D eigenvalue weighted by molar-refractivity contribution is 7.85. The lowest BCUT2D eigenvalue weighted by Gasteiger charge is -2.25. The van der Waals surface area contributed by atoms with Crippen LogP contribution in [0.1, 0.15) is 0 Å². The molecule has 0 aromatic rings. The van der Waals surface area contributed by atoms with Crippen LogP contribution in [0.2, 0.25) is 0 Å². The molecule has 62 valence electrons. The minimum absolute atomic E-state index is 0. The normalized spacial score (nSPS) is 19.3. The third kappa shape index (κ3) is 3.36. The molecule has 0 saturated carbocycles. The Morgan fingerprint density at radius 2 is 2.00 bits per heavy atom. The molecule has 0 aromatic carbocycles. The molecule has 0 aliphatic carbocycles. The smallest absolute Gasteiger partial charge is 0.265 e. The lowest BCUT2D eigenvalue weighted by Crippen LogP contribution is -2.45. The van der Waals surface area contributed by atoms with E-state index in [1.165, 1.54) is 0 Å². The first-order chi connectivity index (χ1) is 4.08. The van der Waals surface area contributed by atoms with E-state index in [1.54, 1.807) is 0 Å². The number of hydrogen-bond acceptors (Lipinski definition) is 3. The molecule has 1 aliphatic heterocycles. The fourth-order valence-electron chi connectivity index (χ4n) is 0.764. The predicted molar refractivity (Wildman–Crippen MR) is 40.0 cm³/mol. The van der Waals surface area contributed by atoms with Gasteiger partial charge in [-0.3, -0.25) is 4.55 Å². The van der Waals surface area contributed by atoms with Crippen LogP contribution < -0.4 is 5.32 Å². The molecule has 0 unspecified atom stereocenters. The van der Waals surface area contributed by atoms with Gasteiger partial charge in [0.05, 0.1) is 5.75 Å². The highest BCUT2D eigenvalue weighted by atomic mass is 35.5. The molecule has 10 heavy (non-hydrogen) atoms. The van der Waals surface area contributed by atoms with Gasteiger partial charge in [-0.15, -0.1) is 12.4 Å². The molecule has 4 nitrogen and oxygen atoms in total. The van der Waals surface area contributed by atoms with Crippen molar-refractivity contribution in [2.45, 2.75) is 0 Å².